The normalized spacial score (nSPS) is 14.8. The van der Waals surface area contributed by atoms with Crippen molar-refractivity contribution in [1.29, 1.82) is 10.5 Å². The summed E-state index contributed by atoms with van der Waals surface area (Å²) < 4.78 is 5.82. The number of hydrogen-bond donors (Lipinski definition) is 5. The Bertz CT molecular complexity index is 1050. The summed E-state index contributed by atoms with van der Waals surface area (Å²) >= 11 is 3.30. The zero-order valence-electron chi connectivity index (χ0n) is 13.9. The first-order chi connectivity index (χ1) is 12.9. The predicted octanol–water partition coefficient (Wildman–Crippen LogP) is 1.54. The number of nitrogens with zero attached hydrogens (tertiary/aromatic N) is 4. The van der Waals surface area contributed by atoms with Crippen molar-refractivity contribution >= 4 is 39.2 Å². The number of aromatic nitrogens is 1. The fourth-order valence-electron chi connectivity index (χ4n) is 2.74. The number of fused-ring (bicyclic) bond motifs is 1. The van der Waals surface area contributed by atoms with Gasteiger partial charge in [-0.1, -0.05) is 0 Å². The van der Waals surface area contributed by atoms with E-state index in [9.17, 15) is 10.4 Å². The van der Waals surface area contributed by atoms with E-state index >= 15 is 0 Å². The van der Waals surface area contributed by atoms with Crippen LogP contribution < -0.4 is 26.8 Å². The molecule has 2 heterocycles. The molecule has 1 aliphatic rings. The number of nitrogens with one attached hydrogen (secondary N) is 2. The van der Waals surface area contributed by atoms with Crippen LogP contribution in [0.5, 0.6) is 11.5 Å². The highest BCUT2D eigenvalue weighted by atomic mass is 79.9. The number of phenolic OH excluding ortho intramolecular Hbond substituents is 1. The molecule has 1 unspecified atom stereocenters. The molecule has 0 bridgehead atoms. The fourth-order valence-corrected chi connectivity index (χ4v) is 3.23. The van der Waals surface area contributed by atoms with E-state index in [1.54, 1.807) is 12.3 Å². The smallest absolute Gasteiger partial charge is 0.211 e. The van der Waals surface area contributed by atoms with Crippen LogP contribution >= 0.6 is 15.9 Å². The number of nitriles is 2. The number of methoxy groups -OCH3 is 1. The van der Waals surface area contributed by atoms with Crippen molar-refractivity contribution in [3.63, 3.8) is 0 Å². The Kier molecular flexibility index (Phi) is 4.62. The van der Waals surface area contributed by atoms with Gasteiger partial charge in [0.15, 0.2) is 6.19 Å². The van der Waals surface area contributed by atoms with E-state index in [0.717, 1.165) is 0 Å². The molecule has 0 spiro atoms. The molecule has 1 aromatic heterocycles. The van der Waals surface area contributed by atoms with Crippen LogP contribution in [0.2, 0.25) is 0 Å². The summed E-state index contributed by atoms with van der Waals surface area (Å²) in [7, 11) is 1.48. The van der Waals surface area contributed by atoms with Gasteiger partial charge >= 0.3 is 0 Å². The number of anilines is 3. The number of guanidine groups is 1. The summed E-state index contributed by atoms with van der Waals surface area (Å²) in [5, 5.41) is 33.9. The summed E-state index contributed by atoms with van der Waals surface area (Å²) in [6.07, 6.45) is 1.76. The first kappa shape index (κ1) is 18.1. The van der Waals surface area contributed by atoms with Gasteiger partial charge in [0.25, 0.3) is 0 Å². The fraction of sp³-hybridized carbons (Fsp3) is 0.125. The second kappa shape index (κ2) is 6.90. The maximum atomic E-state index is 10.5. The Balaban J connectivity index is 2.30. The molecule has 1 aliphatic heterocycles. The van der Waals surface area contributed by atoms with E-state index in [-0.39, 0.29) is 34.6 Å². The number of hydrogen-bond acceptors (Lipinski definition) is 10. The molecule has 2 aromatic rings. The van der Waals surface area contributed by atoms with Crippen LogP contribution in [0.3, 0.4) is 0 Å². The Morgan fingerprint density at radius 2 is 2.11 bits per heavy atom. The Hall–Kier alpha value is -3.70. The summed E-state index contributed by atoms with van der Waals surface area (Å²) in [4.78, 5) is 8.54. The molecule has 1 atom stereocenters. The number of nitrogen functional groups attached to an aromatic ring is 2. The van der Waals surface area contributed by atoms with E-state index in [1.807, 2.05) is 6.07 Å². The summed E-state index contributed by atoms with van der Waals surface area (Å²) in [5.41, 5.74) is 12.7. The van der Waals surface area contributed by atoms with Gasteiger partial charge < -0.3 is 26.6 Å². The number of aliphatic imine (C=N–C) groups is 1. The highest BCUT2D eigenvalue weighted by Crippen LogP contribution is 2.45. The molecule has 3 rings (SSSR count). The van der Waals surface area contributed by atoms with Crippen molar-refractivity contribution in [2.45, 2.75) is 6.04 Å². The van der Waals surface area contributed by atoms with Gasteiger partial charge in [-0.25, -0.2) is 9.98 Å². The zero-order valence-corrected chi connectivity index (χ0v) is 15.5. The van der Waals surface area contributed by atoms with Crippen LogP contribution in [0.25, 0.3) is 0 Å². The third kappa shape index (κ3) is 3.01. The first-order valence-corrected chi connectivity index (χ1v) is 8.25. The molecule has 7 N–H and O–H groups in total. The summed E-state index contributed by atoms with van der Waals surface area (Å²) in [6.45, 7) is 0. The molecule has 11 heteroatoms. The maximum Gasteiger partial charge on any atom is 0.211 e. The molecule has 136 valence electrons. The van der Waals surface area contributed by atoms with E-state index < -0.39 is 6.04 Å². The Labute approximate surface area is 162 Å². The number of nitrogens with two attached hydrogens (primary N) is 2. The van der Waals surface area contributed by atoms with Crippen molar-refractivity contribution < 1.29 is 9.84 Å². The first-order valence-electron chi connectivity index (χ1n) is 7.46. The molecular weight excluding hydrogens is 416 g/mol. The molecule has 0 amide bonds. The average molecular weight is 429 g/mol. The topological polar surface area (TPSA) is 178 Å². The van der Waals surface area contributed by atoms with Gasteiger partial charge in [-0.2, -0.15) is 10.5 Å². The minimum Gasteiger partial charge on any atom is -0.508 e. The van der Waals surface area contributed by atoms with Crippen molar-refractivity contribution in [3.8, 4) is 23.8 Å². The zero-order chi connectivity index (χ0) is 19.7. The largest absolute Gasteiger partial charge is 0.508 e. The maximum absolute atomic E-state index is 10.5. The second-order valence-electron chi connectivity index (χ2n) is 5.45. The molecule has 0 saturated carbocycles. The molecule has 0 radical (unpaired) electrons. The van der Waals surface area contributed by atoms with E-state index in [0.29, 0.717) is 21.3 Å². The number of halogens is 1. The quantitative estimate of drug-likeness (QED) is 0.350. The highest BCUT2D eigenvalue weighted by Gasteiger charge is 2.31. The van der Waals surface area contributed by atoms with Crippen LogP contribution in [0.15, 0.2) is 21.6 Å². The van der Waals surface area contributed by atoms with Crippen LogP contribution in [0, 0.1) is 22.8 Å². The number of ether oxygens (including phenoxy) is 1. The van der Waals surface area contributed by atoms with Crippen molar-refractivity contribution in [1.82, 2.24) is 10.3 Å². The Morgan fingerprint density at radius 1 is 1.37 bits per heavy atom. The van der Waals surface area contributed by atoms with Crippen LogP contribution in [-0.4, -0.2) is 23.2 Å². The van der Waals surface area contributed by atoms with Crippen molar-refractivity contribution in [2.75, 3.05) is 23.9 Å². The SMILES string of the molecule is COc1cc(C2N=C(NC#N)Nc3nc(N)c(C#N)c(N)c32)c(O)cc1Br. The number of rotatable bonds is 2. The lowest BCUT2D eigenvalue weighted by Gasteiger charge is -2.26. The van der Waals surface area contributed by atoms with Gasteiger partial charge in [-0.15, -0.1) is 0 Å². The summed E-state index contributed by atoms with van der Waals surface area (Å²) in [5.74, 6) is 0.622. The van der Waals surface area contributed by atoms with Gasteiger partial charge in [0.05, 0.1) is 17.3 Å². The van der Waals surface area contributed by atoms with Crippen LogP contribution in [0.4, 0.5) is 17.3 Å². The third-order valence-electron chi connectivity index (χ3n) is 3.95. The van der Waals surface area contributed by atoms with Crippen LogP contribution in [-0.2, 0) is 0 Å². The summed E-state index contributed by atoms with van der Waals surface area (Å²) in [6, 6.07) is 4.09. The standard InChI is InChI=1S/C16H13BrN8O2/c1-27-10-2-6(9(26)3-8(10)17)13-11-12(20)7(4-18)14(21)24-15(11)25-16(23-13)22-5-19/h2-3,13,26H,1H3,(H6,20,21,22,23,24,25). The van der Waals surface area contributed by atoms with E-state index in [2.05, 4.69) is 36.5 Å². The minimum atomic E-state index is -0.862. The predicted molar refractivity (Wildman–Crippen MR) is 102 cm³/mol. The van der Waals surface area contributed by atoms with Gasteiger partial charge in [0, 0.05) is 11.1 Å². The molecule has 0 fully saturated rings. The van der Waals surface area contributed by atoms with E-state index in [4.69, 9.17) is 21.5 Å². The third-order valence-corrected chi connectivity index (χ3v) is 4.57. The molecule has 0 saturated heterocycles. The average Bonchev–Trinajstić information content (AvgIpc) is 2.61. The van der Waals surface area contributed by atoms with E-state index in [1.165, 1.54) is 13.2 Å². The highest BCUT2D eigenvalue weighted by molar-refractivity contribution is 9.10. The molecular formula is C16H13BrN8O2. The lowest BCUT2D eigenvalue weighted by atomic mass is 9.94. The van der Waals surface area contributed by atoms with Crippen molar-refractivity contribution in [3.05, 3.63) is 33.3 Å². The Morgan fingerprint density at radius 3 is 2.74 bits per heavy atom. The number of benzene rings is 1. The lowest BCUT2D eigenvalue weighted by Crippen LogP contribution is -2.32. The number of aromatic hydroxyl groups is 1. The van der Waals surface area contributed by atoms with Gasteiger partial charge in [-0.05, 0) is 28.1 Å². The minimum absolute atomic E-state index is 0.0102. The van der Waals surface area contributed by atoms with Gasteiger partial charge in [0.2, 0.25) is 5.96 Å². The van der Waals surface area contributed by atoms with Gasteiger partial charge in [-0.3, -0.25) is 5.32 Å². The van der Waals surface area contributed by atoms with Gasteiger partial charge in [0.1, 0.15) is 40.8 Å². The molecule has 1 aromatic carbocycles. The monoisotopic (exact) mass is 428 g/mol. The number of pyridine rings is 1. The molecule has 27 heavy (non-hydrogen) atoms. The lowest BCUT2D eigenvalue weighted by molar-refractivity contribution is 0.407. The molecule has 0 aliphatic carbocycles. The second-order valence-corrected chi connectivity index (χ2v) is 6.30. The number of phenols is 1. The van der Waals surface area contributed by atoms with Crippen molar-refractivity contribution in [2.24, 2.45) is 4.99 Å². The molecule has 10 nitrogen and oxygen atoms in total. The van der Waals surface area contributed by atoms with Crippen LogP contribution in [0.1, 0.15) is 22.7 Å².